The summed E-state index contributed by atoms with van der Waals surface area (Å²) in [6.45, 7) is 1.94. The van der Waals surface area contributed by atoms with Gasteiger partial charge in [0, 0.05) is 4.47 Å². The number of ether oxygens (including phenoxy) is 1. The van der Waals surface area contributed by atoms with Crippen LogP contribution in [0.1, 0.15) is 24.5 Å². The molecule has 0 bridgehead atoms. The fourth-order valence-corrected chi connectivity index (χ4v) is 3.35. The summed E-state index contributed by atoms with van der Waals surface area (Å²) in [5, 5.41) is 15.6. The van der Waals surface area contributed by atoms with Crippen molar-refractivity contribution in [3.8, 4) is 0 Å². The van der Waals surface area contributed by atoms with Gasteiger partial charge in [-0.3, -0.25) is 5.32 Å². The Kier molecular flexibility index (Phi) is 5.77. The highest BCUT2D eigenvalue weighted by molar-refractivity contribution is 9.10. The SMILES string of the molecule is CCOC(=O)NC(=S)NC1(CO)CCc2ccc(Br)cc2C1. The first kappa shape index (κ1) is 17.2. The minimum Gasteiger partial charge on any atom is -0.450 e. The Morgan fingerprint density at radius 3 is 2.95 bits per heavy atom. The maximum atomic E-state index is 11.4. The molecule has 0 fully saturated rings. The summed E-state index contributed by atoms with van der Waals surface area (Å²) in [7, 11) is 0. The molecule has 1 aliphatic rings. The number of thiocarbonyl (C=S) groups is 1. The maximum absolute atomic E-state index is 11.4. The molecule has 7 heteroatoms. The van der Waals surface area contributed by atoms with Crippen molar-refractivity contribution in [2.24, 2.45) is 0 Å². The van der Waals surface area contributed by atoms with Crippen LogP contribution in [0.5, 0.6) is 0 Å². The summed E-state index contributed by atoms with van der Waals surface area (Å²) in [6, 6.07) is 6.17. The molecular weight excluding hydrogens is 368 g/mol. The predicted octanol–water partition coefficient (Wildman–Crippen LogP) is 2.29. The number of halogens is 1. The van der Waals surface area contributed by atoms with Crippen LogP contribution >= 0.6 is 28.1 Å². The second-order valence-electron chi connectivity index (χ2n) is 5.33. The summed E-state index contributed by atoms with van der Waals surface area (Å²) in [6.07, 6.45) is 1.64. The molecular formula is C15H19BrN2O3S. The molecule has 1 unspecified atom stereocenters. The van der Waals surface area contributed by atoms with Crippen LogP contribution in [0.15, 0.2) is 22.7 Å². The van der Waals surface area contributed by atoms with Gasteiger partial charge in [-0.15, -0.1) is 0 Å². The third-order valence-corrected chi connectivity index (χ3v) is 4.44. The number of carbonyl (C=O) groups is 1. The number of aliphatic hydroxyl groups is 1. The van der Waals surface area contributed by atoms with E-state index in [1.807, 2.05) is 6.07 Å². The Hall–Kier alpha value is -1.18. The van der Waals surface area contributed by atoms with Gasteiger partial charge in [0.2, 0.25) is 0 Å². The zero-order chi connectivity index (χ0) is 16.2. The van der Waals surface area contributed by atoms with E-state index < -0.39 is 11.6 Å². The van der Waals surface area contributed by atoms with Gasteiger partial charge < -0.3 is 15.2 Å². The first-order chi connectivity index (χ1) is 10.5. The van der Waals surface area contributed by atoms with Gasteiger partial charge in [-0.2, -0.15) is 0 Å². The topological polar surface area (TPSA) is 70.6 Å². The van der Waals surface area contributed by atoms with Gasteiger partial charge >= 0.3 is 6.09 Å². The fourth-order valence-electron chi connectivity index (χ4n) is 2.64. The van der Waals surface area contributed by atoms with Gasteiger partial charge in [0.1, 0.15) is 0 Å². The first-order valence-electron chi connectivity index (χ1n) is 7.12. The molecule has 22 heavy (non-hydrogen) atoms. The zero-order valence-corrected chi connectivity index (χ0v) is 14.7. The molecule has 1 amide bonds. The molecule has 0 radical (unpaired) electrons. The van der Waals surface area contributed by atoms with Crippen molar-refractivity contribution in [2.45, 2.75) is 31.7 Å². The molecule has 2 rings (SSSR count). The summed E-state index contributed by atoms with van der Waals surface area (Å²) in [4.78, 5) is 11.4. The van der Waals surface area contributed by atoms with Gasteiger partial charge in [0.15, 0.2) is 5.11 Å². The lowest BCUT2D eigenvalue weighted by Crippen LogP contribution is -2.58. The largest absolute Gasteiger partial charge is 0.450 e. The Balaban J connectivity index is 2.07. The molecule has 0 heterocycles. The van der Waals surface area contributed by atoms with Crippen LogP contribution in [-0.2, 0) is 17.6 Å². The Morgan fingerprint density at radius 2 is 2.27 bits per heavy atom. The average molecular weight is 387 g/mol. The van der Waals surface area contributed by atoms with Crippen LogP contribution < -0.4 is 10.6 Å². The lowest BCUT2D eigenvalue weighted by atomic mass is 9.78. The van der Waals surface area contributed by atoms with Gasteiger partial charge in [0.05, 0.1) is 18.8 Å². The van der Waals surface area contributed by atoms with Gasteiger partial charge in [0.25, 0.3) is 0 Å². The third-order valence-electron chi connectivity index (χ3n) is 3.74. The highest BCUT2D eigenvalue weighted by Crippen LogP contribution is 2.30. The van der Waals surface area contributed by atoms with Crippen molar-refractivity contribution >= 4 is 39.4 Å². The monoisotopic (exact) mass is 386 g/mol. The molecule has 0 spiro atoms. The first-order valence-corrected chi connectivity index (χ1v) is 8.32. The molecule has 0 aliphatic heterocycles. The number of benzene rings is 1. The number of aliphatic hydroxyl groups excluding tert-OH is 1. The fraction of sp³-hybridized carbons (Fsp3) is 0.467. The van der Waals surface area contributed by atoms with Crippen molar-refractivity contribution in [3.63, 3.8) is 0 Å². The highest BCUT2D eigenvalue weighted by atomic mass is 79.9. The van der Waals surface area contributed by atoms with Crippen molar-refractivity contribution in [3.05, 3.63) is 33.8 Å². The van der Waals surface area contributed by atoms with Crippen molar-refractivity contribution in [2.75, 3.05) is 13.2 Å². The van der Waals surface area contributed by atoms with E-state index in [4.69, 9.17) is 17.0 Å². The zero-order valence-electron chi connectivity index (χ0n) is 12.3. The highest BCUT2D eigenvalue weighted by Gasteiger charge is 2.34. The summed E-state index contributed by atoms with van der Waals surface area (Å²) >= 11 is 8.61. The second kappa shape index (κ2) is 7.39. The van der Waals surface area contributed by atoms with E-state index in [9.17, 15) is 9.90 Å². The summed E-state index contributed by atoms with van der Waals surface area (Å²) in [5.41, 5.74) is 1.88. The number of hydrogen-bond donors (Lipinski definition) is 3. The molecule has 1 aliphatic carbocycles. The molecule has 1 atom stereocenters. The van der Waals surface area contributed by atoms with E-state index in [1.165, 1.54) is 11.1 Å². The molecule has 0 aromatic heterocycles. The van der Waals surface area contributed by atoms with Crippen molar-refractivity contribution < 1.29 is 14.6 Å². The van der Waals surface area contributed by atoms with Crippen molar-refractivity contribution in [1.29, 1.82) is 0 Å². The van der Waals surface area contributed by atoms with Crippen molar-refractivity contribution in [1.82, 2.24) is 10.6 Å². The minimum atomic E-state index is -0.591. The van der Waals surface area contributed by atoms with Crippen LogP contribution in [0.25, 0.3) is 0 Å². The van der Waals surface area contributed by atoms with Crippen LogP contribution in [0.3, 0.4) is 0 Å². The van der Waals surface area contributed by atoms with E-state index in [0.29, 0.717) is 6.42 Å². The minimum absolute atomic E-state index is 0.0659. The van der Waals surface area contributed by atoms with Crippen LogP contribution in [-0.4, -0.2) is 35.1 Å². The molecule has 1 aromatic rings. The third kappa shape index (κ3) is 4.18. The number of amides is 1. The van der Waals surface area contributed by atoms with Crippen LogP contribution in [0, 0.1) is 0 Å². The van der Waals surface area contributed by atoms with Gasteiger partial charge in [-0.05, 0) is 61.7 Å². The normalized spacial score (nSPS) is 20.0. The predicted molar refractivity (Wildman–Crippen MR) is 91.9 cm³/mol. The molecule has 5 nitrogen and oxygen atoms in total. The van der Waals surface area contributed by atoms with Gasteiger partial charge in [-0.1, -0.05) is 22.0 Å². The number of carbonyl (C=O) groups excluding carboxylic acids is 1. The molecule has 0 saturated heterocycles. The summed E-state index contributed by atoms with van der Waals surface area (Å²) < 4.78 is 5.80. The molecule has 1 aromatic carbocycles. The quantitative estimate of drug-likeness (QED) is 0.695. The number of fused-ring (bicyclic) bond motifs is 1. The van der Waals surface area contributed by atoms with Crippen LogP contribution in [0.4, 0.5) is 4.79 Å². The number of rotatable bonds is 3. The number of nitrogens with one attached hydrogen (secondary N) is 2. The van der Waals surface area contributed by atoms with E-state index in [1.54, 1.807) is 6.92 Å². The lowest BCUT2D eigenvalue weighted by Gasteiger charge is -2.38. The number of hydrogen-bond acceptors (Lipinski definition) is 4. The summed E-state index contributed by atoms with van der Waals surface area (Å²) in [5.74, 6) is 0. The van der Waals surface area contributed by atoms with E-state index in [2.05, 4.69) is 38.7 Å². The van der Waals surface area contributed by atoms with Crippen LogP contribution in [0.2, 0.25) is 0 Å². The Bertz CT molecular complexity index is 582. The van der Waals surface area contributed by atoms with E-state index in [-0.39, 0.29) is 18.3 Å². The maximum Gasteiger partial charge on any atom is 0.413 e. The standard InChI is InChI=1S/C15H19BrN2O3S/c1-2-21-14(20)17-13(22)18-15(9-19)6-5-10-3-4-12(16)7-11(10)8-15/h3-4,7,19H,2,5-6,8-9H2,1H3,(H2,17,18,20,22). The second-order valence-corrected chi connectivity index (χ2v) is 6.65. The van der Waals surface area contributed by atoms with E-state index in [0.717, 1.165) is 17.3 Å². The molecule has 0 saturated carbocycles. The lowest BCUT2D eigenvalue weighted by molar-refractivity contribution is 0.153. The Labute approximate surface area is 143 Å². The average Bonchev–Trinajstić information content (AvgIpc) is 2.46. The number of aryl methyl sites for hydroxylation is 1. The van der Waals surface area contributed by atoms with Gasteiger partial charge in [-0.25, -0.2) is 4.79 Å². The van der Waals surface area contributed by atoms with E-state index >= 15 is 0 Å². The molecule has 3 N–H and O–H groups in total. The Morgan fingerprint density at radius 1 is 1.50 bits per heavy atom. The number of alkyl carbamates (subject to hydrolysis) is 1. The smallest absolute Gasteiger partial charge is 0.413 e. The molecule has 120 valence electrons.